The number of nitrogens with one attached hydrogen (secondary N) is 2. The lowest BCUT2D eigenvalue weighted by Gasteiger charge is -2.39. The van der Waals surface area contributed by atoms with Crippen LogP contribution in [0.5, 0.6) is 0 Å². The molecule has 3 atom stereocenters. The van der Waals surface area contributed by atoms with Crippen molar-refractivity contribution in [3.8, 4) is 11.3 Å². The van der Waals surface area contributed by atoms with Crippen LogP contribution in [0.3, 0.4) is 0 Å². The molecule has 2 amide bonds. The number of aromatic nitrogens is 5. The van der Waals surface area contributed by atoms with Crippen LogP contribution >= 0.6 is 0 Å². The highest BCUT2D eigenvalue weighted by Crippen LogP contribution is 2.31. The molecule has 0 bridgehead atoms. The van der Waals surface area contributed by atoms with Gasteiger partial charge in [0.05, 0.1) is 35.7 Å². The minimum atomic E-state index is -1.08. The van der Waals surface area contributed by atoms with Crippen molar-refractivity contribution in [2.24, 2.45) is 0 Å². The summed E-state index contributed by atoms with van der Waals surface area (Å²) in [4.78, 5) is 39.6. The first kappa shape index (κ1) is 34.8. The van der Waals surface area contributed by atoms with Crippen LogP contribution in [0.4, 0.5) is 30.4 Å². The summed E-state index contributed by atoms with van der Waals surface area (Å²) in [5.41, 5.74) is 4.11. The Labute approximate surface area is 304 Å². The highest BCUT2D eigenvalue weighted by atomic mass is 19.1. The van der Waals surface area contributed by atoms with Crippen molar-refractivity contribution in [1.29, 1.82) is 0 Å². The van der Waals surface area contributed by atoms with Crippen LogP contribution in [0.25, 0.3) is 16.9 Å². The highest BCUT2D eigenvalue weighted by molar-refractivity contribution is 6.01. The minimum absolute atomic E-state index is 0.204. The number of imidazole rings is 1. The molecule has 0 aliphatic carbocycles. The van der Waals surface area contributed by atoms with Crippen LogP contribution < -0.4 is 15.5 Å². The van der Waals surface area contributed by atoms with E-state index in [0.29, 0.717) is 54.2 Å². The number of halogens is 3. The Morgan fingerprint density at radius 3 is 2.49 bits per heavy atom. The number of nitrogens with zero attached hydrogens (tertiary/aromatic N) is 8. The zero-order valence-electron chi connectivity index (χ0n) is 29.4. The maximum atomic E-state index is 15.6. The molecule has 276 valence electrons. The minimum Gasteiger partial charge on any atom is -0.369 e. The normalized spacial score (nSPS) is 21.7. The van der Waals surface area contributed by atoms with Gasteiger partial charge >= 0.3 is 0 Å². The number of aryl methyl sites for hydroxylation is 1. The maximum Gasteiger partial charge on any atom is 0.234 e. The Kier molecular flexibility index (Phi) is 9.60. The molecule has 1 unspecified atom stereocenters. The van der Waals surface area contributed by atoms with Crippen LogP contribution in [0.2, 0.25) is 0 Å². The third-order valence-corrected chi connectivity index (χ3v) is 10.8. The van der Waals surface area contributed by atoms with E-state index in [-0.39, 0.29) is 23.3 Å². The Balaban J connectivity index is 0.815. The number of carbonyl (C=O) groups is 2. The lowest BCUT2D eigenvalue weighted by Crippen LogP contribution is -2.50. The summed E-state index contributed by atoms with van der Waals surface area (Å²) >= 11 is 0. The fraction of sp³-hybridized carbons (Fsp3) is 0.395. The highest BCUT2D eigenvalue weighted by Gasteiger charge is 2.32. The summed E-state index contributed by atoms with van der Waals surface area (Å²) < 4.78 is 47.6. The van der Waals surface area contributed by atoms with Gasteiger partial charge in [0.2, 0.25) is 11.8 Å². The smallest absolute Gasteiger partial charge is 0.234 e. The molecule has 0 saturated carbocycles. The van der Waals surface area contributed by atoms with Gasteiger partial charge in [-0.15, -0.1) is 0 Å². The molecule has 0 spiro atoms. The molecule has 5 aromatic rings. The van der Waals surface area contributed by atoms with Crippen molar-refractivity contribution in [2.45, 2.75) is 44.3 Å². The Morgan fingerprint density at radius 2 is 1.72 bits per heavy atom. The molecular formula is C38H41F3N10O2. The molecule has 3 saturated heterocycles. The van der Waals surface area contributed by atoms with Gasteiger partial charge in [0, 0.05) is 94.7 Å². The van der Waals surface area contributed by atoms with Crippen molar-refractivity contribution in [3.05, 3.63) is 90.1 Å². The Morgan fingerprint density at radius 1 is 0.925 bits per heavy atom. The molecule has 3 aliphatic rings. The van der Waals surface area contributed by atoms with Gasteiger partial charge in [-0.2, -0.15) is 5.10 Å². The average molecular weight is 727 g/mol. The number of rotatable bonds is 9. The number of carbonyl (C=O) groups excluding carboxylic acids is 2. The van der Waals surface area contributed by atoms with Crippen LogP contribution in [-0.4, -0.2) is 104 Å². The van der Waals surface area contributed by atoms with Gasteiger partial charge in [0.1, 0.15) is 17.8 Å². The fourth-order valence-electron chi connectivity index (χ4n) is 7.68. The standard InChI is InChI=1S/C38H41F3N10O2/c1-24-18-29(31(40)19-30(24)39)34-21-43-36(37-42-9-11-50(34)37)45-26-20-44-51(22-26)33-8-10-48(23-32(33)41)13-12-47-14-16-49(17-15-47)27-4-2-25(3-5-27)28-6-7-35(52)46-38(28)53/h2-5,9,11,18-22,28,32-33H,6-8,10,12-17,23H2,1H3,(H,43,45)(H,46,52,53)/t28?,32-,33-/m1/s1. The first-order valence-corrected chi connectivity index (χ1v) is 18.1. The summed E-state index contributed by atoms with van der Waals surface area (Å²) in [5.74, 6) is -1.58. The van der Waals surface area contributed by atoms with Crippen molar-refractivity contribution in [1.82, 2.24) is 39.3 Å². The fourth-order valence-corrected chi connectivity index (χ4v) is 7.68. The number of hydrogen-bond donors (Lipinski definition) is 2. The van der Waals surface area contributed by atoms with E-state index in [9.17, 15) is 18.4 Å². The second-order valence-electron chi connectivity index (χ2n) is 14.1. The van der Waals surface area contributed by atoms with E-state index in [4.69, 9.17) is 0 Å². The predicted molar refractivity (Wildman–Crippen MR) is 194 cm³/mol. The second kappa shape index (κ2) is 14.6. The predicted octanol–water partition coefficient (Wildman–Crippen LogP) is 4.85. The van der Waals surface area contributed by atoms with Crippen LogP contribution in [-0.2, 0) is 9.59 Å². The molecule has 12 nitrogen and oxygen atoms in total. The molecule has 53 heavy (non-hydrogen) atoms. The summed E-state index contributed by atoms with van der Waals surface area (Å²) in [6.45, 7) is 7.96. The number of benzene rings is 2. The van der Waals surface area contributed by atoms with E-state index >= 15 is 4.39 Å². The van der Waals surface area contributed by atoms with Crippen LogP contribution in [0.1, 0.15) is 42.3 Å². The Hall–Kier alpha value is -5.28. The number of amides is 2. The van der Waals surface area contributed by atoms with Crippen molar-refractivity contribution in [3.63, 3.8) is 0 Å². The molecule has 3 aromatic heterocycles. The molecule has 8 rings (SSSR count). The van der Waals surface area contributed by atoms with Crippen molar-refractivity contribution in [2.75, 3.05) is 62.6 Å². The first-order chi connectivity index (χ1) is 25.7. The molecular weight excluding hydrogens is 685 g/mol. The number of imide groups is 1. The number of hydrogen-bond acceptors (Lipinski definition) is 9. The lowest BCUT2D eigenvalue weighted by atomic mass is 9.90. The van der Waals surface area contributed by atoms with Gasteiger partial charge in [-0.05, 0) is 49.1 Å². The third kappa shape index (κ3) is 7.22. The van der Waals surface area contributed by atoms with Gasteiger partial charge in [0.15, 0.2) is 11.5 Å². The first-order valence-electron chi connectivity index (χ1n) is 18.1. The van der Waals surface area contributed by atoms with Gasteiger partial charge in [-0.1, -0.05) is 12.1 Å². The van der Waals surface area contributed by atoms with Gasteiger partial charge in [-0.3, -0.25) is 33.8 Å². The van der Waals surface area contributed by atoms with E-state index in [1.165, 1.54) is 12.3 Å². The van der Waals surface area contributed by atoms with Gasteiger partial charge in [0.25, 0.3) is 0 Å². The maximum absolute atomic E-state index is 15.6. The van der Waals surface area contributed by atoms with Crippen molar-refractivity contribution >= 4 is 34.7 Å². The molecule has 15 heteroatoms. The molecule has 0 radical (unpaired) electrons. The zero-order valence-corrected chi connectivity index (χ0v) is 29.4. The van der Waals surface area contributed by atoms with Crippen LogP contribution in [0, 0.1) is 18.6 Å². The second-order valence-corrected chi connectivity index (χ2v) is 14.1. The topological polar surface area (TPSA) is 116 Å². The Bertz CT molecular complexity index is 2130. The lowest BCUT2D eigenvalue weighted by molar-refractivity contribution is -0.134. The monoisotopic (exact) mass is 726 g/mol. The quantitative estimate of drug-likeness (QED) is 0.206. The number of piperazine rings is 1. The number of anilines is 3. The van der Waals surface area contributed by atoms with E-state index in [1.54, 1.807) is 40.8 Å². The number of alkyl halides is 1. The van der Waals surface area contributed by atoms with Gasteiger partial charge in [-0.25, -0.2) is 23.1 Å². The number of fused-ring (bicyclic) bond motifs is 1. The summed E-state index contributed by atoms with van der Waals surface area (Å²) in [5, 5.41) is 10.1. The molecule has 2 N–H and O–H groups in total. The number of likely N-dealkylation sites (tertiary alicyclic amines) is 1. The molecule has 3 aliphatic heterocycles. The number of piperidine rings is 2. The third-order valence-electron chi connectivity index (χ3n) is 10.8. The van der Waals surface area contributed by atoms with Crippen LogP contribution in [0.15, 0.2) is 67.4 Å². The zero-order chi connectivity index (χ0) is 36.6. The van der Waals surface area contributed by atoms with E-state index in [1.807, 2.05) is 12.1 Å². The van der Waals surface area contributed by atoms with E-state index in [2.05, 4.69) is 52.5 Å². The van der Waals surface area contributed by atoms with Gasteiger partial charge < -0.3 is 10.2 Å². The summed E-state index contributed by atoms with van der Waals surface area (Å²) in [6, 6.07) is 10.0. The molecule has 6 heterocycles. The molecule has 3 fully saturated rings. The SMILES string of the molecule is Cc1cc(-c2cnc(Nc3cnn([C@@H]4CCN(CCN5CCN(c6ccc(C7CCC(=O)NC7=O)cc6)CC5)C[C@H]4F)c3)c3nccn23)c(F)cc1F. The van der Waals surface area contributed by atoms with E-state index in [0.717, 1.165) is 63.1 Å². The van der Waals surface area contributed by atoms with Crippen molar-refractivity contribution < 1.29 is 22.8 Å². The van der Waals surface area contributed by atoms with E-state index < -0.39 is 23.8 Å². The largest absolute Gasteiger partial charge is 0.369 e. The summed E-state index contributed by atoms with van der Waals surface area (Å²) in [6.07, 6.45) is 8.64. The average Bonchev–Trinajstić information content (AvgIpc) is 3.84. The molecule has 2 aromatic carbocycles. The summed E-state index contributed by atoms with van der Waals surface area (Å²) in [7, 11) is 0.